The van der Waals surface area contributed by atoms with Gasteiger partial charge in [0.15, 0.2) is 0 Å². The molecule has 5 N–H and O–H groups in total. The molecule has 0 aliphatic carbocycles. The van der Waals surface area contributed by atoms with Gasteiger partial charge < -0.3 is 11.5 Å². The van der Waals surface area contributed by atoms with E-state index in [4.69, 9.17) is 11.5 Å². The van der Waals surface area contributed by atoms with Crippen LogP contribution in [0.3, 0.4) is 0 Å². The number of carbonyl (C=O) groups is 1. The Morgan fingerprint density at radius 3 is 2.61 bits per heavy atom. The van der Waals surface area contributed by atoms with Gasteiger partial charge in [-0.2, -0.15) is 0 Å². The van der Waals surface area contributed by atoms with E-state index in [9.17, 15) is 17.6 Å². The average molecular weight is 275 g/mol. The number of aryl methyl sites for hydroxylation is 1. The molecule has 1 amide bonds. The Bertz CT molecular complexity index is 572. The first-order valence-electron chi connectivity index (χ1n) is 5.07. The highest BCUT2D eigenvalue weighted by molar-refractivity contribution is 7.89. The maximum Gasteiger partial charge on any atom is 0.243 e. The first kappa shape index (κ1) is 14.4. The second-order valence-electron chi connectivity index (χ2n) is 3.75. The van der Waals surface area contributed by atoms with E-state index in [2.05, 4.69) is 4.72 Å². The number of benzene rings is 1. The highest BCUT2D eigenvalue weighted by Crippen LogP contribution is 2.21. The van der Waals surface area contributed by atoms with Crippen molar-refractivity contribution in [2.24, 2.45) is 5.73 Å². The highest BCUT2D eigenvalue weighted by Gasteiger charge is 2.20. The smallest absolute Gasteiger partial charge is 0.243 e. The van der Waals surface area contributed by atoms with Gasteiger partial charge in [0.05, 0.1) is 0 Å². The van der Waals surface area contributed by atoms with Gasteiger partial charge in [-0.25, -0.2) is 17.5 Å². The monoisotopic (exact) mass is 275 g/mol. The molecule has 1 aromatic rings. The Morgan fingerprint density at radius 1 is 1.44 bits per heavy atom. The maximum absolute atomic E-state index is 13.5. The van der Waals surface area contributed by atoms with E-state index in [1.807, 2.05) is 0 Å². The van der Waals surface area contributed by atoms with Crippen molar-refractivity contribution in [2.75, 3.05) is 12.3 Å². The Kier molecular flexibility index (Phi) is 4.25. The molecular formula is C10H14FN3O3S. The molecule has 0 bridgehead atoms. The van der Waals surface area contributed by atoms with Gasteiger partial charge in [-0.1, -0.05) is 0 Å². The van der Waals surface area contributed by atoms with Crippen molar-refractivity contribution in [1.82, 2.24) is 4.72 Å². The van der Waals surface area contributed by atoms with E-state index in [-0.39, 0.29) is 18.7 Å². The number of primary amides is 1. The predicted molar refractivity (Wildman–Crippen MR) is 64.5 cm³/mol. The number of hydrogen-bond acceptors (Lipinski definition) is 4. The van der Waals surface area contributed by atoms with Gasteiger partial charge in [0.25, 0.3) is 0 Å². The molecule has 0 radical (unpaired) electrons. The van der Waals surface area contributed by atoms with Crippen molar-refractivity contribution in [3.05, 3.63) is 23.5 Å². The number of sulfonamides is 1. The van der Waals surface area contributed by atoms with Crippen LogP contribution in [0.4, 0.5) is 10.1 Å². The van der Waals surface area contributed by atoms with Crippen LogP contribution in [0, 0.1) is 12.7 Å². The van der Waals surface area contributed by atoms with Gasteiger partial charge in [0, 0.05) is 18.7 Å². The van der Waals surface area contributed by atoms with Crippen molar-refractivity contribution < 1.29 is 17.6 Å². The zero-order valence-corrected chi connectivity index (χ0v) is 10.6. The molecule has 0 spiro atoms. The topological polar surface area (TPSA) is 115 Å². The number of amides is 1. The minimum Gasteiger partial charge on any atom is -0.398 e. The molecule has 18 heavy (non-hydrogen) atoms. The second kappa shape index (κ2) is 5.32. The van der Waals surface area contributed by atoms with E-state index >= 15 is 0 Å². The van der Waals surface area contributed by atoms with Crippen molar-refractivity contribution >= 4 is 21.6 Å². The Morgan fingerprint density at radius 2 is 2.06 bits per heavy atom. The van der Waals surface area contributed by atoms with Crippen LogP contribution in [0.15, 0.2) is 17.0 Å². The van der Waals surface area contributed by atoms with Gasteiger partial charge in [0.2, 0.25) is 15.9 Å². The van der Waals surface area contributed by atoms with Crippen LogP contribution in [0.5, 0.6) is 0 Å². The van der Waals surface area contributed by atoms with Crippen LogP contribution in [-0.4, -0.2) is 20.9 Å². The molecule has 1 aromatic carbocycles. The van der Waals surface area contributed by atoms with Gasteiger partial charge in [-0.15, -0.1) is 0 Å². The Hall–Kier alpha value is -1.67. The molecule has 0 unspecified atom stereocenters. The van der Waals surface area contributed by atoms with Gasteiger partial charge in [-0.3, -0.25) is 4.79 Å². The fourth-order valence-electron chi connectivity index (χ4n) is 1.26. The van der Waals surface area contributed by atoms with Gasteiger partial charge >= 0.3 is 0 Å². The van der Waals surface area contributed by atoms with Crippen LogP contribution in [0.25, 0.3) is 0 Å². The molecule has 0 aromatic heterocycles. The third kappa shape index (κ3) is 3.41. The van der Waals surface area contributed by atoms with E-state index in [1.165, 1.54) is 0 Å². The lowest BCUT2D eigenvalue weighted by Gasteiger charge is -2.09. The predicted octanol–water partition coefficient (Wildman–Crippen LogP) is -0.130. The number of nitrogens with one attached hydrogen (secondary N) is 1. The molecule has 0 saturated heterocycles. The van der Waals surface area contributed by atoms with Gasteiger partial charge in [-0.05, 0) is 24.6 Å². The minimum atomic E-state index is -4.04. The summed E-state index contributed by atoms with van der Waals surface area (Å²) in [6.07, 6.45) is -0.164. The number of halogens is 1. The van der Waals surface area contributed by atoms with Crippen LogP contribution in [0.1, 0.15) is 12.0 Å². The summed E-state index contributed by atoms with van der Waals surface area (Å²) in [4.78, 5) is 9.93. The first-order valence-corrected chi connectivity index (χ1v) is 6.56. The second-order valence-corrected chi connectivity index (χ2v) is 5.49. The lowest BCUT2D eigenvalue weighted by atomic mass is 10.2. The molecular weight excluding hydrogens is 261 g/mol. The lowest BCUT2D eigenvalue weighted by Crippen LogP contribution is -2.28. The molecule has 0 atom stereocenters. The Labute approximate surface area is 104 Å². The SMILES string of the molecule is Cc1cc(F)c(S(=O)(=O)NCCC(N)=O)cc1N. The summed E-state index contributed by atoms with van der Waals surface area (Å²) in [7, 11) is -4.04. The average Bonchev–Trinajstić information content (AvgIpc) is 2.22. The van der Waals surface area contributed by atoms with Crippen LogP contribution in [0.2, 0.25) is 0 Å². The molecule has 8 heteroatoms. The molecule has 0 aliphatic heterocycles. The van der Waals surface area contributed by atoms with Crippen LogP contribution in [-0.2, 0) is 14.8 Å². The quantitative estimate of drug-likeness (QED) is 0.649. The fourth-order valence-corrected chi connectivity index (χ4v) is 2.38. The molecule has 0 fully saturated rings. The number of nitrogens with two attached hydrogens (primary N) is 2. The molecule has 0 heterocycles. The van der Waals surface area contributed by atoms with E-state index in [0.717, 1.165) is 12.1 Å². The summed E-state index contributed by atoms with van der Waals surface area (Å²) in [5.74, 6) is -1.55. The Balaban J connectivity index is 2.98. The third-order valence-corrected chi connectivity index (χ3v) is 3.75. The fraction of sp³-hybridized carbons (Fsp3) is 0.300. The summed E-state index contributed by atoms with van der Waals surface area (Å²) < 4.78 is 39.1. The third-order valence-electron chi connectivity index (χ3n) is 2.27. The van der Waals surface area contributed by atoms with Crippen LogP contribution >= 0.6 is 0 Å². The van der Waals surface area contributed by atoms with Gasteiger partial charge in [0.1, 0.15) is 10.7 Å². The molecule has 0 saturated carbocycles. The van der Waals surface area contributed by atoms with E-state index in [0.29, 0.717) is 5.56 Å². The summed E-state index contributed by atoms with van der Waals surface area (Å²) in [5, 5.41) is 0. The number of hydrogen-bond donors (Lipinski definition) is 3. The zero-order valence-electron chi connectivity index (χ0n) is 9.73. The number of anilines is 1. The number of rotatable bonds is 5. The first-order chi connectivity index (χ1) is 8.24. The van der Waals surface area contributed by atoms with Crippen molar-refractivity contribution in [2.45, 2.75) is 18.2 Å². The largest absolute Gasteiger partial charge is 0.398 e. The number of carbonyl (C=O) groups excluding carboxylic acids is 1. The van der Waals surface area contributed by atoms with E-state index in [1.54, 1.807) is 6.92 Å². The summed E-state index contributed by atoms with van der Waals surface area (Å²) in [6.45, 7) is 1.38. The van der Waals surface area contributed by atoms with Crippen molar-refractivity contribution in [3.8, 4) is 0 Å². The molecule has 0 aliphatic rings. The summed E-state index contributed by atoms with van der Waals surface area (Å²) >= 11 is 0. The number of nitrogen functional groups attached to an aromatic ring is 1. The van der Waals surface area contributed by atoms with Crippen molar-refractivity contribution in [3.63, 3.8) is 0 Å². The molecule has 6 nitrogen and oxygen atoms in total. The van der Waals surface area contributed by atoms with Crippen molar-refractivity contribution in [1.29, 1.82) is 0 Å². The maximum atomic E-state index is 13.5. The van der Waals surface area contributed by atoms with Crippen LogP contribution < -0.4 is 16.2 Å². The zero-order chi connectivity index (χ0) is 13.9. The standard InChI is InChI=1S/C10H14FN3O3S/c1-6-4-7(11)9(5-8(6)12)18(16,17)14-3-2-10(13)15/h4-5,14H,2-3,12H2,1H3,(H2,13,15). The molecule has 1 rings (SSSR count). The minimum absolute atomic E-state index is 0.164. The normalized spacial score (nSPS) is 11.4. The lowest BCUT2D eigenvalue weighted by molar-refractivity contribution is -0.117. The molecule has 100 valence electrons. The van der Waals surface area contributed by atoms with E-state index < -0.39 is 26.6 Å². The highest BCUT2D eigenvalue weighted by atomic mass is 32.2. The summed E-state index contributed by atoms with van der Waals surface area (Å²) in [5.41, 5.74) is 11.0. The summed E-state index contributed by atoms with van der Waals surface area (Å²) in [6, 6.07) is 2.08.